The van der Waals surface area contributed by atoms with E-state index in [2.05, 4.69) is 9.89 Å². The van der Waals surface area contributed by atoms with Gasteiger partial charge in [0.1, 0.15) is 0 Å². The zero-order valence-corrected chi connectivity index (χ0v) is 10.6. The molecule has 1 fully saturated rings. The Morgan fingerprint density at radius 2 is 1.79 bits per heavy atom. The molecule has 1 saturated heterocycles. The van der Waals surface area contributed by atoms with Crippen molar-refractivity contribution in [1.29, 1.82) is 0 Å². The van der Waals surface area contributed by atoms with Crippen LogP contribution in [0.3, 0.4) is 0 Å². The number of hydrogen-bond acceptors (Lipinski definition) is 2. The molecular weight excluding hydrogens is 266 g/mol. The van der Waals surface area contributed by atoms with Crippen LogP contribution in [-0.4, -0.2) is 30.4 Å². The van der Waals surface area contributed by atoms with Gasteiger partial charge in [0, 0.05) is 26.1 Å². The van der Waals surface area contributed by atoms with Crippen LogP contribution < -0.4 is 0 Å². The maximum atomic E-state index is 4.70. The summed E-state index contributed by atoms with van der Waals surface area (Å²) < 4.78 is 0. The first-order valence-corrected chi connectivity index (χ1v) is 7.71. The van der Waals surface area contributed by atoms with Gasteiger partial charge in [-0.3, -0.25) is 4.99 Å². The standard InChI is InChI=1S/C9H16N2.2ClH.Ni/c1-2-5-9-10-6-4-8-11(9)7-3-1;;;/h1-8H2;2*1H;/q;;;+2/p-2. The monoisotopic (exact) mass is 280 g/mol. The Bertz CT molecular complexity index is 188. The summed E-state index contributed by atoms with van der Waals surface area (Å²) in [4.78, 5) is 7.04. The van der Waals surface area contributed by atoms with Gasteiger partial charge in [0.15, 0.2) is 0 Å². The number of hydrogen-bond donors (Lipinski definition) is 0. The fourth-order valence-electron chi connectivity index (χ4n) is 1.94. The summed E-state index contributed by atoms with van der Waals surface area (Å²) in [5.41, 5.74) is 0. The van der Waals surface area contributed by atoms with Crippen molar-refractivity contribution in [2.24, 2.45) is 4.99 Å². The van der Waals surface area contributed by atoms with Crippen LogP contribution in [-0.2, 0) is 12.7 Å². The second kappa shape index (κ2) is 7.79. The van der Waals surface area contributed by atoms with Crippen LogP contribution in [0.25, 0.3) is 0 Å². The molecule has 0 amide bonds. The fourth-order valence-corrected chi connectivity index (χ4v) is 1.94. The molecule has 0 atom stereocenters. The molecule has 86 valence electrons. The van der Waals surface area contributed by atoms with Gasteiger partial charge in [-0.1, -0.05) is 6.42 Å². The normalized spacial score (nSPS) is 21.6. The Hall–Kier alpha value is 0.544. The maximum absolute atomic E-state index is 4.70. The van der Waals surface area contributed by atoms with E-state index in [0.29, 0.717) is 12.7 Å². The van der Waals surface area contributed by atoms with Crippen molar-refractivity contribution < 1.29 is 12.7 Å². The van der Waals surface area contributed by atoms with Crippen LogP contribution in [0.1, 0.15) is 32.1 Å². The van der Waals surface area contributed by atoms with Crippen LogP contribution in [0.5, 0.6) is 0 Å². The summed E-state index contributed by atoms with van der Waals surface area (Å²) in [6.07, 6.45) is 6.63. The van der Waals surface area contributed by atoms with Gasteiger partial charge >= 0.3 is 33.0 Å². The molecule has 5 heteroatoms. The van der Waals surface area contributed by atoms with E-state index in [1.165, 1.54) is 51.0 Å². The van der Waals surface area contributed by atoms with Crippen LogP contribution >= 0.6 is 20.4 Å². The van der Waals surface area contributed by atoms with E-state index in [-0.39, 0.29) is 0 Å². The SMILES string of the molecule is C1CCC2=NCCCN2CC1.[Cl][Ni][Cl]. The molecule has 14 heavy (non-hydrogen) atoms. The number of nitrogens with zero attached hydrogens (tertiary/aromatic N) is 2. The van der Waals surface area contributed by atoms with Crippen molar-refractivity contribution in [2.45, 2.75) is 32.1 Å². The second-order valence-corrected chi connectivity index (χ2v) is 5.13. The molecule has 2 nitrogen and oxygen atoms in total. The third-order valence-corrected chi connectivity index (χ3v) is 2.57. The number of halogens is 2. The van der Waals surface area contributed by atoms with E-state index in [9.17, 15) is 0 Å². The summed E-state index contributed by atoms with van der Waals surface area (Å²) in [7, 11) is 9.40. The van der Waals surface area contributed by atoms with Crippen LogP contribution in [0, 0.1) is 0 Å². The quantitative estimate of drug-likeness (QED) is 0.623. The van der Waals surface area contributed by atoms with Crippen molar-refractivity contribution >= 4 is 26.2 Å². The van der Waals surface area contributed by atoms with E-state index in [1.54, 1.807) is 0 Å². The molecular formula is C9H16Cl2N2Ni. The molecule has 0 radical (unpaired) electrons. The molecule has 2 heterocycles. The molecule has 2 rings (SSSR count). The first-order chi connectivity index (χ1) is 6.88. The zero-order chi connectivity index (χ0) is 10.2. The van der Waals surface area contributed by atoms with Gasteiger partial charge in [-0.2, -0.15) is 0 Å². The summed E-state index contributed by atoms with van der Waals surface area (Å²) in [6, 6.07) is 0. The van der Waals surface area contributed by atoms with E-state index >= 15 is 0 Å². The molecule has 0 unspecified atom stereocenters. The summed E-state index contributed by atoms with van der Waals surface area (Å²) in [5, 5.41) is 0. The summed E-state index contributed by atoms with van der Waals surface area (Å²) >= 11 is 0.569. The Balaban J connectivity index is 0.000000293. The van der Waals surface area contributed by atoms with Crippen molar-refractivity contribution in [3.63, 3.8) is 0 Å². The molecule has 0 aromatic rings. The summed E-state index contributed by atoms with van der Waals surface area (Å²) in [6.45, 7) is 3.60. The Morgan fingerprint density at radius 3 is 2.57 bits per heavy atom. The van der Waals surface area contributed by atoms with Gasteiger partial charge in [-0.25, -0.2) is 0 Å². The minimum atomic E-state index is 0.569. The van der Waals surface area contributed by atoms with Crippen molar-refractivity contribution in [3.05, 3.63) is 0 Å². The van der Waals surface area contributed by atoms with E-state index in [0.717, 1.165) is 6.54 Å². The van der Waals surface area contributed by atoms with Gasteiger partial charge < -0.3 is 4.90 Å². The molecule has 0 aliphatic carbocycles. The molecule has 2 aliphatic heterocycles. The molecule has 0 aromatic heterocycles. The third kappa shape index (κ3) is 4.38. The molecule has 0 spiro atoms. The molecule has 0 aromatic carbocycles. The zero-order valence-electron chi connectivity index (χ0n) is 8.12. The van der Waals surface area contributed by atoms with Gasteiger partial charge in [-0.05, 0) is 19.3 Å². The minimum absolute atomic E-state index is 0.569. The predicted molar refractivity (Wildman–Crippen MR) is 58.7 cm³/mol. The number of rotatable bonds is 0. The molecule has 2 aliphatic rings. The second-order valence-electron chi connectivity index (χ2n) is 3.49. The third-order valence-electron chi connectivity index (χ3n) is 2.57. The van der Waals surface area contributed by atoms with E-state index in [1.807, 2.05) is 0 Å². The molecule has 0 N–H and O–H groups in total. The van der Waals surface area contributed by atoms with Gasteiger partial charge in [-0.15, -0.1) is 0 Å². The van der Waals surface area contributed by atoms with E-state index < -0.39 is 0 Å². The molecule has 0 bridgehead atoms. The van der Waals surface area contributed by atoms with Gasteiger partial charge in [0.05, 0.1) is 5.84 Å². The van der Waals surface area contributed by atoms with Crippen molar-refractivity contribution in [1.82, 2.24) is 4.90 Å². The predicted octanol–water partition coefficient (Wildman–Crippen LogP) is 3.04. The first kappa shape index (κ1) is 12.6. The average Bonchev–Trinajstić information content (AvgIpc) is 2.43. The Morgan fingerprint density at radius 1 is 1.07 bits per heavy atom. The Labute approximate surface area is 100 Å². The van der Waals surface area contributed by atoms with Gasteiger partial charge in [0.2, 0.25) is 0 Å². The van der Waals surface area contributed by atoms with Crippen molar-refractivity contribution in [3.8, 4) is 0 Å². The number of amidine groups is 1. The molecule has 0 saturated carbocycles. The van der Waals surface area contributed by atoms with Gasteiger partial charge in [0.25, 0.3) is 0 Å². The van der Waals surface area contributed by atoms with Crippen LogP contribution in [0.2, 0.25) is 0 Å². The van der Waals surface area contributed by atoms with Crippen LogP contribution in [0.15, 0.2) is 4.99 Å². The number of fused-ring (bicyclic) bond motifs is 1. The first-order valence-electron chi connectivity index (χ1n) is 4.99. The average molecular weight is 282 g/mol. The fraction of sp³-hybridized carbons (Fsp3) is 0.889. The topological polar surface area (TPSA) is 15.6 Å². The number of aliphatic imine (C=N–C) groups is 1. The van der Waals surface area contributed by atoms with Crippen molar-refractivity contribution in [2.75, 3.05) is 19.6 Å². The summed E-state index contributed by atoms with van der Waals surface area (Å²) in [5.74, 6) is 1.40. The Kier molecular flexibility index (Phi) is 7.01. The van der Waals surface area contributed by atoms with E-state index in [4.69, 9.17) is 20.4 Å². The van der Waals surface area contributed by atoms with Crippen LogP contribution in [0.4, 0.5) is 0 Å².